The number of amides is 3. The predicted molar refractivity (Wildman–Crippen MR) is 150 cm³/mol. The van der Waals surface area contributed by atoms with E-state index in [0.717, 1.165) is 29.0 Å². The first-order chi connectivity index (χ1) is 19.0. The molecule has 2 aromatic carbocycles. The van der Waals surface area contributed by atoms with Crippen LogP contribution >= 0.6 is 0 Å². The monoisotopic (exact) mass is 528 g/mol. The smallest absolute Gasteiger partial charge is 0.226 e. The molecule has 3 N–H and O–H groups in total. The summed E-state index contributed by atoms with van der Waals surface area (Å²) in [6.07, 6.45) is 5.49. The fourth-order valence-corrected chi connectivity index (χ4v) is 3.94. The molecular formula is C31H36N4O4. The van der Waals surface area contributed by atoms with Gasteiger partial charge >= 0.3 is 0 Å². The van der Waals surface area contributed by atoms with Gasteiger partial charge in [0.25, 0.3) is 0 Å². The van der Waals surface area contributed by atoms with Crippen molar-refractivity contribution >= 4 is 17.7 Å². The van der Waals surface area contributed by atoms with Crippen molar-refractivity contribution in [2.45, 2.75) is 45.1 Å². The topological polar surface area (TPSA) is 109 Å². The van der Waals surface area contributed by atoms with Gasteiger partial charge in [0.05, 0.1) is 13.0 Å². The highest BCUT2D eigenvalue weighted by Gasteiger charge is 2.21. The molecule has 1 aliphatic rings. The summed E-state index contributed by atoms with van der Waals surface area (Å²) in [6, 6.07) is 21.4. The van der Waals surface area contributed by atoms with Crippen LogP contribution in [0.4, 0.5) is 0 Å². The van der Waals surface area contributed by atoms with Crippen LogP contribution in [0, 0.1) is 5.92 Å². The molecule has 39 heavy (non-hydrogen) atoms. The summed E-state index contributed by atoms with van der Waals surface area (Å²) >= 11 is 0. The molecule has 0 atom stereocenters. The third-order valence-corrected chi connectivity index (χ3v) is 6.46. The van der Waals surface area contributed by atoms with E-state index in [-0.39, 0.29) is 37.0 Å². The van der Waals surface area contributed by atoms with Crippen molar-refractivity contribution in [1.29, 1.82) is 0 Å². The first-order valence-electron chi connectivity index (χ1n) is 13.6. The number of hydrogen-bond donors (Lipinski definition) is 3. The maximum atomic E-state index is 12.2. The Bertz CT molecular complexity index is 1210. The summed E-state index contributed by atoms with van der Waals surface area (Å²) in [4.78, 5) is 40.3. The van der Waals surface area contributed by atoms with Crippen LogP contribution in [0.25, 0.3) is 11.1 Å². The Morgan fingerprint density at radius 1 is 0.795 bits per heavy atom. The number of hydrogen-bond acceptors (Lipinski definition) is 5. The van der Waals surface area contributed by atoms with Crippen molar-refractivity contribution in [1.82, 2.24) is 20.9 Å². The molecule has 1 aromatic heterocycles. The van der Waals surface area contributed by atoms with E-state index in [1.54, 1.807) is 6.20 Å². The number of ether oxygens (including phenoxy) is 1. The van der Waals surface area contributed by atoms with Crippen molar-refractivity contribution in [3.05, 3.63) is 84.2 Å². The Morgan fingerprint density at radius 3 is 2.21 bits per heavy atom. The highest BCUT2D eigenvalue weighted by molar-refractivity contribution is 5.83. The highest BCUT2D eigenvalue weighted by Crippen LogP contribution is 2.27. The number of nitrogens with one attached hydrogen (secondary N) is 3. The summed E-state index contributed by atoms with van der Waals surface area (Å²) in [5.74, 6) is 1.15. The molecule has 0 saturated heterocycles. The van der Waals surface area contributed by atoms with Crippen LogP contribution in [0.1, 0.15) is 43.4 Å². The SMILES string of the molecule is O=C(CCC(=O)NCC1CC1)NCCCOc1ccc(-c2ccc(CC(=O)NCc3ccccc3)nc2)cc1. The molecule has 0 bridgehead atoms. The molecule has 1 aliphatic carbocycles. The highest BCUT2D eigenvalue weighted by atomic mass is 16.5. The van der Waals surface area contributed by atoms with Crippen molar-refractivity contribution in [2.75, 3.05) is 19.7 Å². The van der Waals surface area contributed by atoms with Gasteiger partial charge in [-0.2, -0.15) is 0 Å². The van der Waals surface area contributed by atoms with E-state index in [1.165, 1.54) is 12.8 Å². The number of aromatic nitrogens is 1. The summed E-state index contributed by atoms with van der Waals surface area (Å²) in [5.41, 5.74) is 3.74. The van der Waals surface area contributed by atoms with Crippen molar-refractivity contribution in [3.63, 3.8) is 0 Å². The lowest BCUT2D eigenvalue weighted by molar-refractivity contribution is -0.126. The van der Waals surface area contributed by atoms with E-state index in [1.807, 2.05) is 66.7 Å². The maximum Gasteiger partial charge on any atom is 0.226 e. The zero-order valence-electron chi connectivity index (χ0n) is 22.2. The molecule has 0 unspecified atom stereocenters. The Balaban J connectivity index is 1.10. The first kappa shape index (κ1) is 27.8. The molecule has 0 spiro atoms. The average molecular weight is 529 g/mol. The third kappa shape index (κ3) is 10.2. The third-order valence-electron chi connectivity index (χ3n) is 6.46. The molecular weight excluding hydrogens is 492 g/mol. The van der Waals surface area contributed by atoms with Crippen LogP contribution in [-0.2, 0) is 27.3 Å². The first-order valence-corrected chi connectivity index (χ1v) is 13.6. The standard InChI is InChI=1S/C31H36N4O4/c36-29(15-16-30(37)34-21-24-7-8-24)32-17-4-18-39-28-13-10-25(11-14-28)26-9-12-27(33-22-26)19-31(38)35-20-23-5-2-1-3-6-23/h1-3,5-6,9-14,22,24H,4,7-8,15-21H2,(H,32,36)(H,34,37)(H,35,38). The van der Waals surface area contributed by atoms with Gasteiger partial charge in [0.1, 0.15) is 5.75 Å². The lowest BCUT2D eigenvalue weighted by Crippen LogP contribution is -2.29. The van der Waals surface area contributed by atoms with Crippen LogP contribution in [0.3, 0.4) is 0 Å². The van der Waals surface area contributed by atoms with Gasteiger partial charge in [-0.1, -0.05) is 48.5 Å². The Labute approximate surface area is 229 Å². The fraction of sp³-hybridized carbons (Fsp3) is 0.355. The van der Waals surface area contributed by atoms with E-state index in [0.29, 0.717) is 37.7 Å². The number of carbonyl (C=O) groups is 3. The van der Waals surface area contributed by atoms with Gasteiger partial charge in [-0.15, -0.1) is 0 Å². The summed E-state index contributed by atoms with van der Waals surface area (Å²) in [5, 5.41) is 8.62. The molecule has 0 radical (unpaired) electrons. The maximum absolute atomic E-state index is 12.2. The summed E-state index contributed by atoms with van der Waals surface area (Å²) in [6.45, 7) is 2.21. The minimum atomic E-state index is -0.117. The van der Waals surface area contributed by atoms with Crippen molar-refractivity contribution in [3.8, 4) is 16.9 Å². The van der Waals surface area contributed by atoms with Gasteiger partial charge in [-0.3, -0.25) is 19.4 Å². The van der Waals surface area contributed by atoms with E-state index in [2.05, 4.69) is 20.9 Å². The molecule has 1 fully saturated rings. The molecule has 3 aromatic rings. The summed E-state index contributed by atoms with van der Waals surface area (Å²) < 4.78 is 5.78. The van der Waals surface area contributed by atoms with Gasteiger partial charge in [-0.05, 0) is 54.5 Å². The molecule has 8 nitrogen and oxygen atoms in total. The second-order valence-corrected chi connectivity index (χ2v) is 9.80. The van der Waals surface area contributed by atoms with Crippen molar-refractivity contribution in [2.24, 2.45) is 5.92 Å². The van der Waals surface area contributed by atoms with Crippen LogP contribution in [0.2, 0.25) is 0 Å². The molecule has 8 heteroatoms. The van der Waals surface area contributed by atoms with Crippen LogP contribution in [-0.4, -0.2) is 42.4 Å². The zero-order chi connectivity index (χ0) is 27.3. The van der Waals surface area contributed by atoms with Gasteiger partial charge in [0, 0.05) is 49.9 Å². The fourth-order valence-electron chi connectivity index (χ4n) is 3.94. The van der Waals surface area contributed by atoms with Crippen LogP contribution in [0.5, 0.6) is 5.75 Å². The Kier molecular flexibility index (Phi) is 10.5. The number of carbonyl (C=O) groups excluding carboxylic acids is 3. The Morgan fingerprint density at radius 2 is 1.51 bits per heavy atom. The normalized spacial score (nSPS) is 12.4. The molecule has 204 valence electrons. The number of benzene rings is 2. The second kappa shape index (κ2) is 14.7. The van der Waals surface area contributed by atoms with E-state index < -0.39 is 0 Å². The van der Waals surface area contributed by atoms with Crippen LogP contribution in [0.15, 0.2) is 72.9 Å². The second-order valence-electron chi connectivity index (χ2n) is 9.80. The van der Waals surface area contributed by atoms with E-state index in [9.17, 15) is 14.4 Å². The quantitative estimate of drug-likeness (QED) is 0.260. The zero-order valence-corrected chi connectivity index (χ0v) is 22.2. The van der Waals surface area contributed by atoms with Gasteiger partial charge < -0.3 is 20.7 Å². The molecule has 3 amide bonds. The lowest BCUT2D eigenvalue weighted by atomic mass is 10.1. The van der Waals surface area contributed by atoms with Gasteiger partial charge in [0.15, 0.2) is 0 Å². The molecule has 1 saturated carbocycles. The number of rotatable bonds is 15. The summed E-state index contributed by atoms with van der Waals surface area (Å²) in [7, 11) is 0. The largest absolute Gasteiger partial charge is 0.494 e. The predicted octanol–water partition coefficient (Wildman–Crippen LogP) is 3.80. The number of pyridine rings is 1. The van der Waals surface area contributed by atoms with E-state index in [4.69, 9.17) is 4.74 Å². The molecule has 0 aliphatic heterocycles. The average Bonchev–Trinajstić information content (AvgIpc) is 3.80. The van der Waals surface area contributed by atoms with Crippen molar-refractivity contribution < 1.29 is 19.1 Å². The minimum Gasteiger partial charge on any atom is -0.494 e. The Hall–Kier alpha value is -4.20. The van der Waals surface area contributed by atoms with E-state index >= 15 is 0 Å². The number of nitrogens with zero attached hydrogens (tertiary/aromatic N) is 1. The molecule has 1 heterocycles. The molecule has 4 rings (SSSR count). The minimum absolute atomic E-state index is 0.0579. The lowest BCUT2D eigenvalue weighted by Gasteiger charge is -2.09. The van der Waals surface area contributed by atoms with Crippen LogP contribution < -0.4 is 20.7 Å². The van der Waals surface area contributed by atoms with Gasteiger partial charge in [-0.25, -0.2) is 0 Å². The van der Waals surface area contributed by atoms with Gasteiger partial charge in [0.2, 0.25) is 17.7 Å².